The molecular formula is C12H15FN2. The molecule has 80 valence electrons. The lowest BCUT2D eigenvalue weighted by atomic mass is 10.1. The SMILES string of the molecule is CCC(C)Cc1nc2ccc(F)cc2[nH]1. The molecule has 1 aromatic heterocycles. The number of aromatic amines is 1. The fourth-order valence-electron chi connectivity index (χ4n) is 1.61. The normalized spacial score (nSPS) is 13.3. The number of benzene rings is 1. The van der Waals surface area contributed by atoms with Crippen molar-refractivity contribution in [2.24, 2.45) is 5.92 Å². The van der Waals surface area contributed by atoms with E-state index < -0.39 is 0 Å². The van der Waals surface area contributed by atoms with E-state index in [1.165, 1.54) is 12.1 Å². The van der Waals surface area contributed by atoms with Crippen molar-refractivity contribution in [1.29, 1.82) is 0 Å². The van der Waals surface area contributed by atoms with E-state index in [1.807, 2.05) is 0 Å². The van der Waals surface area contributed by atoms with E-state index in [2.05, 4.69) is 23.8 Å². The lowest BCUT2D eigenvalue weighted by molar-refractivity contribution is 0.547. The van der Waals surface area contributed by atoms with Crippen molar-refractivity contribution in [3.8, 4) is 0 Å². The molecule has 1 atom stereocenters. The van der Waals surface area contributed by atoms with Crippen molar-refractivity contribution in [2.75, 3.05) is 0 Å². The molecule has 0 fully saturated rings. The number of hydrogen-bond acceptors (Lipinski definition) is 1. The van der Waals surface area contributed by atoms with Gasteiger partial charge in [-0.3, -0.25) is 0 Å². The molecule has 0 saturated heterocycles. The zero-order chi connectivity index (χ0) is 10.8. The van der Waals surface area contributed by atoms with Gasteiger partial charge >= 0.3 is 0 Å². The van der Waals surface area contributed by atoms with E-state index >= 15 is 0 Å². The highest BCUT2D eigenvalue weighted by molar-refractivity contribution is 5.74. The van der Waals surface area contributed by atoms with Crippen LogP contribution in [0.3, 0.4) is 0 Å². The zero-order valence-electron chi connectivity index (χ0n) is 9.05. The van der Waals surface area contributed by atoms with Gasteiger partial charge in [-0.25, -0.2) is 9.37 Å². The van der Waals surface area contributed by atoms with Crippen LogP contribution in [0.25, 0.3) is 11.0 Å². The van der Waals surface area contributed by atoms with Crippen LogP contribution in [-0.4, -0.2) is 9.97 Å². The summed E-state index contributed by atoms with van der Waals surface area (Å²) in [6.07, 6.45) is 2.05. The monoisotopic (exact) mass is 206 g/mol. The number of imidazole rings is 1. The van der Waals surface area contributed by atoms with Gasteiger partial charge in [0.1, 0.15) is 11.6 Å². The smallest absolute Gasteiger partial charge is 0.125 e. The summed E-state index contributed by atoms with van der Waals surface area (Å²) in [5.41, 5.74) is 1.63. The van der Waals surface area contributed by atoms with E-state index in [9.17, 15) is 4.39 Å². The van der Waals surface area contributed by atoms with Crippen molar-refractivity contribution in [3.05, 3.63) is 29.8 Å². The first-order chi connectivity index (χ1) is 7.19. The number of halogens is 1. The van der Waals surface area contributed by atoms with Crippen LogP contribution in [0.4, 0.5) is 4.39 Å². The minimum absolute atomic E-state index is 0.221. The number of fused-ring (bicyclic) bond motifs is 1. The van der Waals surface area contributed by atoms with Gasteiger partial charge in [0.05, 0.1) is 11.0 Å². The third kappa shape index (κ3) is 2.17. The average molecular weight is 206 g/mol. The molecule has 0 aliphatic heterocycles. The van der Waals surface area contributed by atoms with Gasteiger partial charge in [0, 0.05) is 6.42 Å². The number of rotatable bonds is 3. The predicted molar refractivity (Wildman–Crippen MR) is 59.2 cm³/mol. The summed E-state index contributed by atoms with van der Waals surface area (Å²) in [6.45, 7) is 4.35. The van der Waals surface area contributed by atoms with Gasteiger partial charge in [-0.1, -0.05) is 20.3 Å². The summed E-state index contributed by atoms with van der Waals surface area (Å²) in [7, 11) is 0. The predicted octanol–water partition coefficient (Wildman–Crippen LogP) is 3.29. The Morgan fingerprint density at radius 3 is 3.00 bits per heavy atom. The Balaban J connectivity index is 2.30. The maximum atomic E-state index is 12.9. The molecule has 0 radical (unpaired) electrons. The Hall–Kier alpha value is -1.38. The third-order valence-corrected chi connectivity index (χ3v) is 2.73. The molecule has 2 rings (SSSR count). The standard InChI is InChI=1S/C12H15FN2/c1-3-8(2)6-12-14-10-5-4-9(13)7-11(10)15-12/h4-5,7-8H,3,6H2,1-2H3,(H,14,15). The molecule has 0 spiro atoms. The lowest BCUT2D eigenvalue weighted by Gasteiger charge is -2.03. The summed E-state index contributed by atoms with van der Waals surface area (Å²) in [5.74, 6) is 1.33. The molecule has 0 saturated carbocycles. The van der Waals surface area contributed by atoms with Crippen LogP contribution in [0.5, 0.6) is 0 Å². The number of nitrogens with one attached hydrogen (secondary N) is 1. The fourth-order valence-corrected chi connectivity index (χ4v) is 1.61. The molecule has 15 heavy (non-hydrogen) atoms. The Morgan fingerprint density at radius 2 is 2.27 bits per heavy atom. The van der Waals surface area contributed by atoms with E-state index in [1.54, 1.807) is 6.07 Å². The van der Waals surface area contributed by atoms with E-state index in [-0.39, 0.29) is 5.82 Å². The van der Waals surface area contributed by atoms with Crippen molar-refractivity contribution in [1.82, 2.24) is 9.97 Å². The highest BCUT2D eigenvalue weighted by Crippen LogP contribution is 2.15. The molecule has 2 aromatic rings. The highest BCUT2D eigenvalue weighted by atomic mass is 19.1. The van der Waals surface area contributed by atoms with Crippen molar-refractivity contribution in [2.45, 2.75) is 26.7 Å². The van der Waals surface area contributed by atoms with E-state index in [4.69, 9.17) is 0 Å². The second-order valence-electron chi connectivity index (χ2n) is 4.06. The largest absolute Gasteiger partial charge is 0.342 e. The Morgan fingerprint density at radius 1 is 1.47 bits per heavy atom. The van der Waals surface area contributed by atoms with Gasteiger partial charge in [-0.05, 0) is 24.1 Å². The average Bonchev–Trinajstić information content (AvgIpc) is 2.59. The number of aromatic nitrogens is 2. The molecule has 2 nitrogen and oxygen atoms in total. The molecule has 1 unspecified atom stereocenters. The van der Waals surface area contributed by atoms with Gasteiger partial charge in [-0.2, -0.15) is 0 Å². The molecule has 0 amide bonds. The Kier molecular flexibility index (Phi) is 2.71. The maximum absolute atomic E-state index is 12.9. The molecule has 3 heteroatoms. The van der Waals surface area contributed by atoms with Crippen LogP contribution in [0.2, 0.25) is 0 Å². The third-order valence-electron chi connectivity index (χ3n) is 2.73. The number of H-pyrrole nitrogens is 1. The molecule has 0 aliphatic rings. The lowest BCUT2D eigenvalue weighted by Crippen LogP contribution is -1.99. The molecule has 0 aliphatic carbocycles. The first-order valence-corrected chi connectivity index (χ1v) is 5.33. The second-order valence-corrected chi connectivity index (χ2v) is 4.06. The maximum Gasteiger partial charge on any atom is 0.125 e. The fraction of sp³-hybridized carbons (Fsp3) is 0.417. The zero-order valence-corrected chi connectivity index (χ0v) is 9.05. The van der Waals surface area contributed by atoms with Crippen LogP contribution < -0.4 is 0 Å². The van der Waals surface area contributed by atoms with Gasteiger partial charge in [0.15, 0.2) is 0 Å². The summed E-state index contributed by atoms with van der Waals surface area (Å²) in [6, 6.07) is 4.64. The molecule has 1 heterocycles. The summed E-state index contributed by atoms with van der Waals surface area (Å²) in [4.78, 5) is 7.57. The van der Waals surface area contributed by atoms with Crippen LogP contribution in [-0.2, 0) is 6.42 Å². The van der Waals surface area contributed by atoms with E-state index in [0.717, 1.165) is 29.7 Å². The molecule has 0 bridgehead atoms. The van der Waals surface area contributed by atoms with Gasteiger partial charge < -0.3 is 4.98 Å². The highest BCUT2D eigenvalue weighted by Gasteiger charge is 2.06. The van der Waals surface area contributed by atoms with Gasteiger partial charge in [-0.15, -0.1) is 0 Å². The van der Waals surface area contributed by atoms with Crippen LogP contribution >= 0.6 is 0 Å². The Labute approximate surface area is 88.5 Å². The van der Waals surface area contributed by atoms with Crippen molar-refractivity contribution in [3.63, 3.8) is 0 Å². The van der Waals surface area contributed by atoms with Crippen LogP contribution in [0.1, 0.15) is 26.1 Å². The van der Waals surface area contributed by atoms with Crippen molar-refractivity contribution >= 4 is 11.0 Å². The number of nitrogens with zero attached hydrogens (tertiary/aromatic N) is 1. The minimum Gasteiger partial charge on any atom is -0.342 e. The van der Waals surface area contributed by atoms with Crippen LogP contribution in [0, 0.1) is 11.7 Å². The van der Waals surface area contributed by atoms with Gasteiger partial charge in [0.2, 0.25) is 0 Å². The minimum atomic E-state index is -0.221. The quantitative estimate of drug-likeness (QED) is 0.820. The molecule has 1 aromatic carbocycles. The summed E-state index contributed by atoms with van der Waals surface area (Å²) in [5, 5.41) is 0. The van der Waals surface area contributed by atoms with Crippen LogP contribution in [0.15, 0.2) is 18.2 Å². The molecular weight excluding hydrogens is 191 g/mol. The molecule has 1 N–H and O–H groups in total. The summed E-state index contributed by atoms with van der Waals surface area (Å²) < 4.78 is 12.9. The summed E-state index contributed by atoms with van der Waals surface area (Å²) >= 11 is 0. The second kappa shape index (κ2) is 4.01. The van der Waals surface area contributed by atoms with Gasteiger partial charge in [0.25, 0.3) is 0 Å². The first kappa shape index (κ1) is 10.1. The number of hydrogen-bond donors (Lipinski definition) is 1. The topological polar surface area (TPSA) is 28.7 Å². The first-order valence-electron chi connectivity index (χ1n) is 5.33. The Bertz CT molecular complexity index is 462. The van der Waals surface area contributed by atoms with E-state index in [0.29, 0.717) is 5.92 Å². The van der Waals surface area contributed by atoms with Crippen molar-refractivity contribution < 1.29 is 4.39 Å².